The van der Waals surface area contributed by atoms with Gasteiger partial charge in [0.05, 0.1) is 43.6 Å². The van der Waals surface area contributed by atoms with Crippen LogP contribution < -0.4 is 14.2 Å². The van der Waals surface area contributed by atoms with E-state index in [1.165, 1.54) is 6.92 Å². The highest BCUT2D eigenvalue weighted by molar-refractivity contribution is 5.70. The number of fused-ring (bicyclic) bond motifs is 2. The van der Waals surface area contributed by atoms with E-state index in [4.69, 9.17) is 28.1 Å². The van der Waals surface area contributed by atoms with Gasteiger partial charge in [-0.15, -0.1) is 0 Å². The molecule has 9 heteroatoms. The topological polar surface area (TPSA) is 83.5 Å². The van der Waals surface area contributed by atoms with Gasteiger partial charge in [-0.05, 0) is 69.4 Å². The van der Waals surface area contributed by atoms with Gasteiger partial charge in [-0.2, -0.15) is 4.57 Å². The molecule has 3 aromatic rings. The Bertz CT molecular complexity index is 1540. The Morgan fingerprint density at radius 1 is 0.840 bits per heavy atom. The number of carbonyl (C=O) groups excluding carboxylic acids is 1. The Morgan fingerprint density at radius 2 is 1.54 bits per heavy atom. The third-order valence-electron chi connectivity index (χ3n) is 9.99. The lowest BCUT2D eigenvalue weighted by Crippen LogP contribution is -2.39. The van der Waals surface area contributed by atoms with Crippen LogP contribution in [-0.2, 0) is 30.3 Å². The van der Waals surface area contributed by atoms with Crippen molar-refractivity contribution < 1.29 is 37.5 Å². The number of aryl methyl sites for hydroxylation is 1. The van der Waals surface area contributed by atoms with Crippen molar-refractivity contribution in [2.45, 2.75) is 86.1 Å². The molecule has 0 radical (unpaired) electrons. The van der Waals surface area contributed by atoms with E-state index >= 15 is 0 Å². The number of esters is 1. The van der Waals surface area contributed by atoms with Crippen LogP contribution in [0.1, 0.15) is 85.5 Å². The molecule has 1 unspecified atom stereocenters. The maximum absolute atomic E-state index is 11.5. The minimum Gasteiger partial charge on any atom is -0.465 e. The number of carbonyl (C=O) groups is 1. The second-order valence-electron chi connectivity index (χ2n) is 13.5. The first kappa shape index (κ1) is 39.1. The molecular formula is C41H59N2O7+. The smallest absolute Gasteiger partial charge is 0.374 e. The molecule has 1 aromatic heterocycles. The van der Waals surface area contributed by atoms with E-state index < -0.39 is 0 Å². The molecule has 1 aliphatic rings. The highest BCUT2D eigenvalue weighted by Crippen LogP contribution is 2.38. The molecule has 2 heterocycles. The first-order valence-corrected chi connectivity index (χ1v) is 18.4. The molecule has 0 fully saturated rings. The van der Waals surface area contributed by atoms with E-state index in [1.54, 1.807) is 7.11 Å². The number of methoxy groups -OCH3 is 1. The molecule has 50 heavy (non-hydrogen) atoms. The van der Waals surface area contributed by atoms with Crippen molar-refractivity contribution in [3.8, 4) is 5.75 Å². The Labute approximate surface area is 299 Å². The molecule has 0 bridgehead atoms. The van der Waals surface area contributed by atoms with Crippen molar-refractivity contribution >= 4 is 28.8 Å². The lowest BCUT2D eigenvalue weighted by Gasteiger charge is -2.35. The minimum atomic E-state index is -0.349. The number of ether oxygens (including phenoxy) is 5. The van der Waals surface area contributed by atoms with Crippen molar-refractivity contribution in [3.05, 3.63) is 72.5 Å². The Hall–Kier alpha value is -3.66. The number of oxazole rings is 1. The maximum Gasteiger partial charge on any atom is 0.374 e. The third kappa shape index (κ3) is 10.4. The fourth-order valence-electron chi connectivity index (χ4n) is 6.42. The highest BCUT2D eigenvalue weighted by atomic mass is 16.5. The van der Waals surface area contributed by atoms with Gasteiger partial charge in [0.25, 0.3) is 5.52 Å². The number of aromatic nitrogens is 1. The zero-order valence-electron chi connectivity index (χ0n) is 31.2. The Balaban J connectivity index is 1.23. The van der Waals surface area contributed by atoms with Gasteiger partial charge in [0.15, 0.2) is 12.3 Å². The van der Waals surface area contributed by atoms with Crippen LogP contribution in [0.15, 0.2) is 71.0 Å². The van der Waals surface area contributed by atoms with Gasteiger partial charge in [0.2, 0.25) is 11.5 Å². The average molecular weight is 692 g/mol. The molecule has 0 spiro atoms. The van der Waals surface area contributed by atoms with Crippen LogP contribution in [0.5, 0.6) is 5.75 Å². The van der Waals surface area contributed by atoms with Gasteiger partial charge < -0.3 is 33.0 Å². The fourth-order valence-corrected chi connectivity index (χ4v) is 6.42. The van der Waals surface area contributed by atoms with E-state index in [2.05, 4.69) is 55.4 Å². The number of allylic oxidation sites excluding steroid dienone is 2. The van der Waals surface area contributed by atoms with Crippen LogP contribution in [0, 0.1) is 10.8 Å². The van der Waals surface area contributed by atoms with Crippen LogP contribution in [-0.4, -0.2) is 59.3 Å². The number of nitrogens with zero attached hydrogens (tertiary/aromatic N) is 2. The van der Waals surface area contributed by atoms with Gasteiger partial charge in [-0.25, -0.2) is 0 Å². The normalized spacial score (nSPS) is 15.2. The van der Waals surface area contributed by atoms with Crippen molar-refractivity contribution in [2.75, 3.05) is 58.2 Å². The summed E-state index contributed by atoms with van der Waals surface area (Å²) in [6.45, 7) is 15.0. The van der Waals surface area contributed by atoms with E-state index in [0.29, 0.717) is 33.0 Å². The predicted molar refractivity (Wildman–Crippen MR) is 198 cm³/mol. The standard InChI is InChI=1S/C41H59N2O7/c1-7-40(8-2,30-47-31-41(9-3,28-45-6)32-48-33(5)44)29-46-27-18-12-11-17-26-43-35-21-14-16-23-37(35)50-39(43)25-19-24-38-42(10-4)34-20-13-15-22-36(34)49-38/h13-16,19-25H,7-12,17-18,26-32H2,1-6H3/q+1. The summed E-state index contributed by atoms with van der Waals surface area (Å²) >= 11 is 0. The number of para-hydroxylation sites is 4. The molecule has 0 saturated heterocycles. The first-order chi connectivity index (χ1) is 24.3. The molecule has 0 N–H and O–H groups in total. The van der Waals surface area contributed by atoms with Crippen molar-refractivity contribution in [3.63, 3.8) is 0 Å². The highest BCUT2D eigenvalue weighted by Gasteiger charge is 2.33. The fraction of sp³-hybridized carbons (Fsp3) is 0.561. The van der Waals surface area contributed by atoms with Crippen LogP contribution in [0.2, 0.25) is 0 Å². The predicted octanol–water partition coefficient (Wildman–Crippen LogP) is 8.50. The zero-order valence-corrected chi connectivity index (χ0v) is 31.2. The van der Waals surface area contributed by atoms with Gasteiger partial charge in [0, 0.05) is 45.1 Å². The molecule has 1 atom stereocenters. The Morgan fingerprint density at radius 3 is 2.28 bits per heavy atom. The summed E-state index contributed by atoms with van der Waals surface area (Å²) in [5, 5.41) is 0. The van der Waals surface area contributed by atoms with Crippen LogP contribution in [0.3, 0.4) is 0 Å². The molecule has 274 valence electrons. The van der Waals surface area contributed by atoms with Gasteiger partial charge in [0.1, 0.15) is 6.61 Å². The van der Waals surface area contributed by atoms with E-state index in [0.717, 1.165) is 99.0 Å². The molecule has 0 amide bonds. The number of rotatable bonds is 23. The average Bonchev–Trinajstić information content (AvgIpc) is 3.68. The van der Waals surface area contributed by atoms with E-state index in [1.807, 2.05) is 48.6 Å². The quantitative estimate of drug-likeness (QED) is 0.0556. The second-order valence-corrected chi connectivity index (χ2v) is 13.5. The van der Waals surface area contributed by atoms with Crippen molar-refractivity contribution in [2.24, 2.45) is 10.8 Å². The summed E-state index contributed by atoms with van der Waals surface area (Å²) in [7, 11) is 1.67. The summed E-state index contributed by atoms with van der Waals surface area (Å²) in [5.74, 6) is 2.24. The second kappa shape index (κ2) is 19.7. The number of unbranched alkanes of at least 4 members (excludes halogenated alkanes) is 3. The Kier molecular flexibility index (Phi) is 15.4. The summed E-state index contributed by atoms with van der Waals surface area (Å²) in [5.41, 5.74) is 2.68. The molecule has 0 saturated carbocycles. The molecule has 9 nitrogen and oxygen atoms in total. The lowest BCUT2D eigenvalue weighted by molar-refractivity contribution is -0.678. The van der Waals surface area contributed by atoms with Crippen LogP contribution >= 0.6 is 0 Å². The summed E-state index contributed by atoms with van der Waals surface area (Å²) in [4.78, 5) is 13.6. The first-order valence-electron chi connectivity index (χ1n) is 18.4. The SMILES string of the molecule is CCN1C(=CC=Cc2oc3ccccc3[n+]2CCCCCCOCC(CC)(CC)COCC(CC)(COC)COC(C)=O)Oc2ccccc21. The van der Waals surface area contributed by atoms with Crippen LogP contribution in [0.25, 0.3) is 17.2 Å². The molecule has 1 aliphatic heterocycles. The molecular weight excluding hydrogens is 632 g/mol. The van der Waals surface area contributed by atoms with Gasteiger partial charge in [-0.1, -0.05) is 51.5 Å². The number of hydrogen-bond donors (Lipinski definition) is 0. The van der Waals surface area contributed by atoms with Crippen molar-refractivity contribution in [1.29, 1.82) is 0 Å². The maximum atomic E-state index is 11.5. The van der Waals surface area contributed by atoms with Gasteiger partial charge in [-0.3, -0.25) is 4.79 Å². The van der Waals surface area contributed by atoms with Gasteiger partial charge >= 0.3 is 11.9 Å². The monoisotopic (exact) mass is 691 g/mol. The van der Waals surface area contributed by atoms with Crippen LogP contribution in [0.4, 0.5) is 5.69 Å². The summed E-state index contributed by atoms with van der Waals surface area (Å²) in [6, 6.07) is 16.3. The van der Waals surface area contributed by atoms with Crippen molar-refractivity contribution in [1.82, 2.24) is 0 Å². The summed E-state index contributed by atoms with van der Waals surface area (Å²) in [6.07, 6.45) is 13.1. The minimum absolute atomic E-state index is 0.0461. The number of anilines is 1. The largest absolute Gasteiger partial charge is 0.465 e. The molecule has 0 aliphatic carbocycles. The lowest BCUT2D eigenvalue weighted by atomic mass is 9.83. The number of hydrogen-bond acceptors (Lipinski definition) is 8. The van der Waals surface area contributed by atoms with E-state index in [9.17, 15) is 4.79 Å². The molecule has 4 rings (SSSR count). The molecule has 2 aromatic carbocycles. The number of benzene rings is 2. The summed E-state index contributed by atoms with van der Waals surface area (Å²) < 4.78 is 38.0. The van der Waals surface area contributed by atoms with E-state index in [-0.39, 0.29) is 16.8 Å². The third-order valence-corrected chi connectivity index (χ3v) is 9.99. The zero-order chi connectivity index (χ0) is 35.8.